The molecule has 1 fully saturated rings. The lowest BCUT2D eigenvalue weighted by molar-refractivity contribution is -0.126. The molecule has 0 bridgehead atoms. The molecule has 1 amide bonds. The highest BCUT2D eigenvalue weighted by Crippen LogP contribution is 2.27. The van der Waals surface area contributed by atoms with Gasteiger partial charge in [-0.1, -0.05) is 35.9 Å². The Bertz CT molecular complexity index is 837. The molecule has 1 aliphatic rings. The van der Waals surface area contributed by atoms with Crippen molar-refractivity contribution in [3.63, 3.8) is 0 Å². The fourth-order valence-electron chi connectivity index (χ4n) is 3.17. The highest BCUT2D eigenvalue weighted by Gasteiger charge is 2.32. The van der Waals surface area contributed by atoms with Gasteiger partial charge in [-0.05, 0) is 43.7 Å². The van der Waals surface area contributed by atoms with E-state index in [4.69, 9.17) is 0 Å². The van der Waals surface area contributed by atoms with Crippen LogP contribution in [0, 0.1) is 12.8 Å². The molecular formula is C19H24N2O3S2. The van der Waals surface area contributed by atoms with E-state index in [2.05, 4.69) is 5.32 Å². The van der Waals surface area contributed by atoms with Gasteiger partial charge in [0.15, 0.2) is 0 Å². The third-order valence-corrected chi connectivity index (χ3v) is 8.12. The monoisotopic (exact) mass is 392 g/mol. The number of carbonyl (C=O) groups excluding carboxylic acids is 1. The standard InChI is InChI=1S/C19H24N2O3S2/c1-14-5-7-16(8-6-14)15(2)20-19(22)17-9-11-21(12-10-17)26(23,24)18-4-3-13-25-18/h3-8,13,15,17H,9-12H2,1-2H3,(H,20,22)/t15-/m0/s1. The van der Waals surface area contributed by atoms with Gasteiger partial charge >= 0.3 is 0 Å². The van der Waals surface area contributed by atoms with Gasteiger partial charge in [0.25, 0.3) is 10.0 Å². The van der Waals surface area contributed by atoms with E-state index in [1.54, 1.807) is 17.5 Å². The Labute approximate surface area is 159 Å². The molecule has 5 nitrogen and oxygen atoms in total. The van der Waals surface area contributed by atoms with Gasteiger partial charge in [-0.3, -0.25) is 4.79 Å². The molecule has 7 heteroatoms. The summed E-state index contributed by atoms with van der Waals surface area (Å²) in [6, 6.07) is 11.4. The van der Waals surface area contributed by atoms with Crippen molar-refractivity contribution in [3.8, 4) is 0 Å². The van der Waals surface area contributed by atoms with Gasteiger partial charge in [-0.25, -0.2) is 8.42 Å². The number of aryl methyl sites for hydroxylation is 1. The first-order chi connectivity index (χ1) is 12.4. The fourth-order valence-corrected chi connectivity index (χ4v) is 5.78. The SMILES string of the molecule is Cc1ccc([C@H](C)NC(=O)C2CCN(S(=O)(=O)c3cccs3)CC2)cc1. The lowest BCUT2D eigenvalue weighted by Crippen LogP contribution is -2.43. The second kappa shape index (κ2) is 7.90. The summed E-state index contributed by atoms with van der Waals surface area (Å²) >= 11 is 1.23. The van der Waals surface area contributed by atoms with Gasteiger partial charge < -0.3 is 5.32 Å². The maximum absolute atomic E-state index is 12.6. The van der Waals surface area contributed by atoms with Crippen LogP contribution in [0.3, 0.4) is 0 Å². The Morgan fingerprint density at radius 2 is 1.85 bits per heavy atom. The summed E-state index contributed by atoms with van der Waals surface area (Å²) in [6.07, 6.45) is 1.11. The van der Waals surface area contributed by atoms with Crippen LogP contribution in [0.1, 0.15) is 36.9 Å². The average molecular weight is 393 g/mol. The predicted octanol–water partition coefficient (Wildman–Crippen LogP) is 3.33. The Balaban J connectivity index is 1.56. The first kappa shape index (κ1) is 19.1. The molecule has 1 N–H and O–H groups in total. The van der Waals surface area contributed by atoms with Crippen molar-refractivity contribution in [1.82, 2.24) is 9.62 Å². The predicted molar refractivity (Wildman–Crippen MR) is 104 cm³/mol. The molecule has 0 unspecified atom stereocenters. The third-order valence-electron chi connectivity index (χ3n) is 4.85. The van der Waals surface area contributed by atoms with E-state index in [1.807, 2.05) is 38.1 Å². The molecule has 2 aromatic rings. The van der Waals surface area contributed by atoms with Crippen LogP contribution in [0.4, 0.5) is 0 Å². The number of nitrogens with zero attached hydrogens (tertiary/aromatic N) is 1. The van der Waals surface area contributed by atoms with Crippen molar-refractivity contribution in [1.29, 1.82) is 0 Å². The minimum Gasteiger partial charge on any atom is -0.349 e. The van der Waals surface area contributed by atoms with E-state index >= 15 is 0 Å². The van der Waals surface area contributed by atoms with Crippen molar-refractivity contribution < 1.29 is 13.2 Å². The second-order valence-electron chi connectivity index (χ2n) is 6.75. The smallest absolute Gasteiger partial charge is 0.252 e. The molecule has 0 spiro atoms. The summed E-state index contributed by atoms with van der Waals surface area (Å²) in [4.78, 5) is 12.6. The van der Waals surface area contributed by atoms with E-state index in [1.165, 1.54) is 21.2 Å². The zero-order valence-electron chi connectivity index (χ0n) is 15.0. The van der Waals surface area contributed by atoms with Gasteiger partial charge in [0.2, 0.25) is 5.91 Å². The summed E-state index contributed by atoms with van der Waals surface area (Å²) in [7, 11) is -3.42. The zero-order chi connectivity index (χ0) is 18.7. The Morgan fingerprint density at radius 1 is 1.19 bits per heavy atom. The maximum atomic E-state index is 12.6. The molecule has 1 saturated heterocycles. The minimum absolute atomic E-state index is 0.00578. The quantitative estimate of drug-likeness (QED) is 0.849. The summed E-state index contributed by atoms with van der Waals surface area (Å²) in [6.45, 7) is 4.78. The van der Waals surface area contributed by atoms with Crippen LogP contribution < -0.4 is 5.32 Å². The number of benzene rings is 1. The number of piperidine rings is 1. The largest absolute Gasteiger partial charge is 0.349 e. The number of carbonyl (C=O) groups is 1. The number of nitrogens with one attached hydrogen (secondary N) is 1. The number of hydrogen-bond acceptors (Lipinski definition) is 4. The molecule has 1 aromatic carbocycles. The molecule has 0 saturated carbocycles. The maximum Gasteiger partial charge on any atom is 0.252 e. The van der Waals surface area contributed by atoms with Crippen LogP contribution in [0.25, 0.3) is 0 Å². The lowest BCUT2D eigenvalue weighted by atomic mass is 9.96. The van der Waals surface area contributed by atoms with E-state index in [9.17, 15) is 13.2 Å². The molecule has 26 heavy (non-hydrogen) atoms. The van der Waals surface area contributed by atoms with Crippen molar-refractivity contribution in [2.75, 3.05) is 13.1 Å². The van der Waals surface area contributed by atoms with Crippen LogP contribution in [0.5, 0.6) is 0 Å². The Kier molecular flexibility index (Phi) is 5.79. The van der Waals surface area contributed by atoms with Crippen LogP contribution in [0.2, 0.25) is 0 Å². The molecule has 3 rings (SSSR count). The Morgan fingerprint density at radius 3 is 2.42 bits per heavy atom. The topological polar surface area (TPSA) is 66.5 Å². The highest BCUT2D eigenvalue weighted by molar-refractivity contribution is 7.91. The number of thiophene rings is 1. The third kappa shape index (κ3) is 4.16. The van der Waals surface area contributed by atoms with E-state index in [-0.39, 0.29) is 17.9 Å². The molecule has 0 radical (unpaired) electrons. The van der Waals surface area contributed by atoms with Crippen molar-refractivity contribution in [3.05, 3.63) is 52.9 Å². The minimum atomic E-state index is -3.42. The van der Waals surface area contributed by atoms with E-state index in [0.29, 0.717) is 30.1 Å². The highest BCUT2D eigenvalue weighted by atomic mass is 32.2. The van der Waals surface area contributed by atoms with Crippen LogP contribution in [0.15, 0.2) is 46.0 Å². The summed E-state index contributed by atoms with van der Waals surface area (Å²) in [5.74, 6) is -0.135. The molecular weight excluding hydrogens is 368 g/mol. The van der Waals surface area contributed by atoms with Crippen molar-refractivity contribution in [2.45, 2.75) is 36.9 Å². The fraction of sp³-hybridized carbons (Fsp3) is 0.421. The summed E-state index contributed by atoms with van der Waals surface area (Å²) in [5, 5.41) is 4.83. The van der Waals surface area contributed by atoms with Crippen molar-refractivity contribution in [2.24, 2.45) is 5.92 Å². The van der Waals surface area contributed by atoms with Crippen LogP contribution in [-0.4, -0.2) is 31.7 Å². The van der Waals surface area contributed by atoms with Gasteiger partial charge in [0, 0.05) is 19.0 Å². The average Bonchev–Trinajstić information content (AvgIpc) is 3.18. The first-order valence-corrected chi connectivity index (χ1v) is 11.1. The lowest BCUT2D eigenvalue weighted by Gasteiger charge is -2.30. The number of amides is 1. The number of sulfonamides is 1. The molecule has 1 aromatic heterocycles. The van der Waals surface area contributed by atoms with E-state index in [0.717, 1.165) is 5.56 Å². The molecule has 2 heterocycles. The second-order valence-corrected chi connectivity index (χ2v) is 9.86. The first-order valence-electron chi connectivity index (χ1n) is 8.78. The normalized spacial score (nSPS) is 17.8. The van der Waals surface area contributed by atoms with Crippen LogP contribution >= 0.6 is 11.3 Å². The summed E-state index contributed by atoms with van der Waals surface area (Å²) < 4.78 is 27.0. The molecule has 1 aliphatic heterocycles. The van der Waals surface area contributed by atoms with Gasteiger partial charge in [-0.15, -0.1) is 11.3 Å². The van der Waals surface area contributed by atoms with Gasteiger partial charge in [0.1, 0.15) is 4.21 Å². The Hall–Kier alpha value is -1.70. The number of hydrogen-bond donors (Lipinski definition) is 1. The molecule has 1 atom stereocenters. The van der Waals surface area contributed by atoms with Gasteiger partial charge in [0.05, 0.1) is 6.04 Å². The zero-order valence-corrected chi connectivity index (χ0v) is 16.6. The molecule has 0 aliphatic carbocycles. The summed E-state index contributed by atoms with van der Waals surface area (Å²) in [5.41, 5.74) is 2.26. The van der Waals surface area contributed by atoms with E-state index < -0.39 is 10.0 Å². The van der Waals surface area contributed by atoms with Crippen LogP contribution in [-0.2, 0) is 14.8 Å². The number of rotatable bonds is 5. The van der Waals surface area contributed by atoms with Crippen molar-refractivity contribution >= 4 is 27.3 Å². The van der Waals surface area contributed by atoms with Gasteiger partial charge in [-0.2, -0.15) is 4.31 Å². The molecule has 140 valence electrons.